The minimum absolute atomic E-state index is 0.267. The first-order valence-electron chi connectivity index (χ1n) is 12.3. The molecule has 29 heavy (non-hydrogen) atoms. The highest BCUT2D eigenvalue weighted by atomic mass is 16.3. The number of hydrogen-bond acceptors (Lipinski definition) is 3. The SMILES string of the molecule is CC(C)C=CC(C)C1CCC2C3CC(O)C4(O)CC(O)CCC4(C)C3CCC12C. The van der Waals surface area contributed by atoms with Crippen LogP contribution in [0.4, 0.5) is 0 Å². The predicted octanol–water partition coefficient (Wildman–Crippen LogP) is 4.94. The number of hydrogen-bond donors (Lipinski definition) is 3. The van der Waals surface area contributed by atoms with Crippen LogP contribution in [0.2, 0.25) is 0 Å². The van der Waals surface area contributed by atoms with Crippen molar-refractivity contribution in [1.82, 2.24) is 0 Å². The maximum Gasteiger partial charge on any atom is 0.0985 e. The van der Waals surface area contributed by atoms with Crippen LogP contribution < -0.4 is 0 Å². The van der Waals surface area contributed by atoms with E-state index in [1.54, 1.807) is 0 Å². The van der Waals surface area contributed by atoms with E-state index in [9.17, 15) is 15.3 Å². The molecule has 0 aromatic rings. The summed E-state index contributed by atoms with van der Waals surface area (Å²) in [7, 11) is 0. The van der Waals surface area contributed by atoms with Crippen LogP contribution in [0.25, 0.3) is 0 Å². The Labute approximate surface area is 178 Å². The van der Waals surface area contributed by atoms with E-state index in [1.165, 1.54) is 19.3 Å². The summed E-state index contributed by atoms with van der Waals surface area (Å²) in [5, 5.41) is 33.0. The van der Waals surface area contributed by atoms with Gasteiger partial charge in [0.2, 0.25) is 0 Å². The highest BCUT2D eigenvalue weighted by molar-refractivity contribution is 5.17. The van der Waals surface area contributed by atoms with Crippen molar-refractivity contribution in [2.75, 3.05) is 0 Å². The molecule has 166 valence electrons. The molecule has 4 fully saturated rings. The minimum Gasteiger partial charge on any atom is -0.393 e. The number of allylic oxidation sites excluding steroid dienone is 2. The molecule has 10 unspecified atom stereocenters. The minimum atomic E-state index is -1.12. The van der Waals surface area contributed by atoms with Crippen LogP contribution >= 0.6 is 0 Å². The molecule has 3 heteroatoms. The normalized spacial score (nSPS) is 53.6. The second-order valence-electron chi connectivity index (χ2n) is 12.1. The van der Waals surface area contributed by atoms with Crippen molar-refractivity contribution >= 4 is 0 Å². The highest BCUT2D eigenvalue weighted by Gasteiger charge is 2.67. The van der Waals surface area contributed by atoms with E-state index in [2.05, 4.69) is 46.8 Å². The first-order valence-corrected chi connectivity index (χ1v) is 12.3. The maximum atomic E-state index is 11.6. The lowest BCUT2D eigenvalue weighted by atomic mass is 9.42. The van der Waals surface area contributed by atoms with Crippen molar-refractivity contribution in [3.8, 4) is 0 Å². The summed E-state index contributed by atoms with van der Waals surface area (Å²) in [6.45, 7) is 11.7. The molecule has 0 saturated heterocycles. The summed E-state index contributed by atoms with van der Waals surface area (Å²) in [5.74, 6) is 3.57. The van der Waals surface area contributed by atoms with Crippen LogP contribution in [0.5, 0.6) is 0 Å². The fraction of sp³-hybridized carbons (Fsp3) is 0.923. The van der Waals surface area contributed by atoms with Gasteiger partial charge in [-0.2, -0.15) is 0 Å². The Kier molecular flexibility index (Phi) is 5.53. The third-order valence-corrected chi connectivity index (χ3v) is 10.3. The van der Waals surface area contributed by atoms with Gasteiger partial charge in [-0.15, -0.1) is 0 Å². The van der Waals surface area contributed by atoms with E-state index >= 15 is 0 Å². The molecule has 3 nitrogen and oxygen atoms in total. The summed E-state index contributed by atoms with van der Waals surface area (Å²) < 4.78 is 0. The molecule has 0 spiro atoms. The van der Waals surface area contributed by atoms with Gasteiger partial charge in [0.15, 0.2) is 0 Å². The lowest BCUT2D eigenvalue weighted by Gasteiger charge is -2.65. The Bertz CT molecular complexity index is 644. The number of aliphatic hydroxyl groups excluding tert-OH is 2. The smallest absolute Gasteiger partial charge is 0.0985 e. The molecule has 4 aliphatic carbocycles. The van der Waals surface area contributed by atoms with Gasteiger partial charge in [0.1, 0.15) is 0 Å². The van der Waals surface area contributed by atoms with Crippen LogP contribution in [0.1, 0.15) is 86.0 Å². The fourth-order valence-corrected chi connectivity index (χ4v) is 8.70. The van der Waals surface area contributed by atoms with Gasteiger partial charge < -0.3 is 15.3 Å². The largest absolute Gasteiger partial charge is 0.393 e. The molecule has 10 atom stereocenters. The van der Waals surface area contributed by atoms with Crippen molar-refractivity contribution in [3.05, 3.63) is 12.2 Å². The van der Waals surface area contributed by atoms with E-state index < -0.39 is 17.8 Å². The second kappa shape index (κ2) is 7.35. The monoisotopic (exact) mass is 404 g/mol. The molecular weight excluding hydrogens is 360 g/mol. The van der Waals surface area contributed by atoms with Crippen molar-refractivity contribution in [2.24, 2.45) is 46.3 Å². The van der Waals surface area contributed by atoms with Gasteiger partial charge in [-0.3, -0.25) is 0 Å². The zero-order valence-corrected chi connectivity index (χ0v) is 19.3. The van der Waals surface area contributed by atoms with Gasteiger partial charge in [-0.1, -0.05) is 46.8 Å². The lowest BCUT2D eigenvalue weighted by Crippen LogP contribution is -2.68. The van der Waals surface area contributed by atoms with Gasteiger partial charge >= 0.3 is 0 Å². The maximum absolute atomic E-state index is 11.6. The van der Waals surface area contributed by atoms with E-state index in [1.807, 2.05) is 0 Å². The van der Waals surface area contributed by atoms with Gasteiger partial charge in [0, 0.05) is 11.8 Å². The molecule has 0 aromatic heterocycles. The van der Waals surface area contributed by atoms with Crippen LogP contribution in [-0.2, 0) is 0 Å². The van der Waals surface area contributed by atoms with Crippen LogP contribution in [-0.4, -0.2) is 33.1 Å². The second-order valence-corrected chi connectivity index (χ2v) is 12.1. The number of fused-ring (bicyclic) bond motifs is 5. The Morgan fingerprint density at radius 1 is 0.897 bits per heavy atom. The van der Waals surface area contributed by atoms with E-state index in [-0.39, 0.29) is 5.41 Å². The van der Waals surface area contributed by atoms with Gasteiger partial charge in [0.05, 0.1) is 17.8 Å². The van der Waals surface area contributed by atoms with Gasteiger partial charge in [-0.05, 0) is 85.9 Å². The standard InChI is InChI=1S/C26H44O3/c1-16(2)6-7-17(3)20-8-9-21-19-14-23(28)26(29)15-18(27)10-13-25(26,5)22(19)11-12-24(20,21)4/h6-7,16-23,27-29H,8-15H2,1-5H3. The van der Waals surface area contributed by atoms with Crippen molar-refractivity contribution < 1.29 is 15.3 Å². The molecule has 0 radical (unpaired) electrons. The predicted molar refractivity (Wildman–Crippen MR) is 117 cm³/mol. The topological polar surface area (TPSA) is 60.7 Å². The highest BCUT2D eigenvalue weighted by Crippen LogP contribution is 2.69. The zero-order chi connectivity index (χ0) is 21.2. The van der Waals surface area contributed by atoms with Crippen LogP contribution in [0, 0.1) is 46.3 Å². The summed E-state index contributed by atoms with van der Waals surface area (Å²) in [5.41, 5.74) is -1.04. The molecule has 0 heterocycles. The Morgan fingerprint density at radius 3 is 2.31 bits per heavy atom. The summed E-state index contributed by atoms with van der Waals surface area (Å²) >= 11 is 0. The lowest BCUT2D eigenvalue weighted by molar-refractivity contribution is -0.264. The van der Waals surface area contributed by atoms with E-state index in [0.29, 0.717) is 47.8 Å². The number of rotatable bonds is 3. The Hall–Kier alpha value is -0.380. The molecule has 4 aliphatic rings. The molecule has 4 rings (SSSR count). The average molecular weight is 405 g/mol. The first-order chi connectivity index (χ1) is 13.5. The van der Waals surface area contributed by atoms with E-state index in [4.69, 9.17) is 0 Å². The summed E-state index contributed by atoms with van der Waals surface area (Å²) in [4.78, 5) is 0. The molecule has 0 aromatic carbocycles. The van der Waals surface area contributed by atoms with Gasteiger partial charge in [0.25, 0.3) is 0 Å². The molecular formula is C26H44O3. The van der Waals surface area contributed by atoms with E-state index in [0.717, 1.165) is 25.2 Å². The number of aliphatic hydroxyl groups is 3. The molecule has 0 aliphatic heterocycles. The zero-order valence-electron chi connectivity index (χ0n) is 19.3. The fourth-order valence-electron chi connectivity index (χ4n) is 8.70. The van der Waals surface area contributed by atoms with Crippen LogP contribution in [0.3, 0.4) is 0 Å². The molecule has 0 bridgehead atoms. The third kappa shape index (κ3) is 3.17. The Morgan fingerprint density at radius 2 is 1.62 bits per heavy atom. The third-order valence-electron chi connectivity index (χ3n) is 10.3. The van der Waals surface area contributed by atoms with Crippen molar-refractivity contribution in [1.29, 1.82) is 0 Å². The first kappa shape index (κ1) is 21.8. The Balaban J connectivity index is 1.61. The summed E-state index contributed by atoms with van der Waals surface area (Å²) in [6, 6.07) is 0. The summed E-state index contributed by atoms with van der Waals surface area (Å²) in [6.07, 6.45) is 11.3. The average Bonchev–Trinajstić information content (AvgIpc) is 3.00. The quantitative estimate of drug-likeness (QED) is 0.584. The van der Waals surface area contributed by atoms with Crippen LogP contribution in [0.15, 0.2) is 12.2 Å². The molecule has 4 saturated carbocycles. The van der Waals surface area contributed by atoms with Crippen molar-refractivity contribution in [2.45, 2.75) is 104 Å². The molecule has 0 amide bonds. The molecule has 3 N–H and O–H groups in total. The van der Waals surface area contributed by atoms with Gasteiger partial charge in [-0.25, -0.2) is 0 Å². The van der Waals surface area contributed by atoms with Crippen molar-refractivity contribution in [3.63, 3.8) is 0 Å².